The van der Waals surface area contributed by atoms with Crippen LogP contribution in [-0.2, 0) is 6.54 Å². The lowest BCUT2D eigenvalue weighted by Crippen LogP contribution is -2.17. The third-order valence-electron chi connectivity index (χ3n) is 3.02. The molecule has 0 aliphatic carbocycles. The first kappa shape index (κ1) is 14.3. The summed E-state index contributed by atoms with van der Waals surface area (Å²) >= 11 is 0. The molecule has 0 spiro atoms. The van der Waals surface area contributed by atoms with Crippen LogP contribution in [0.2, 0.25) is 0 Å². The quantitative estimate of drug-likeness (QED) is 0.805. The van der Waals surface area contributed by atoms with Crippen molar-refractivity contribution < 1.29 is 13.2 Å². The molecule has 1 aromatic carbocycles. The topological polar surface area (TPSA) is 55.6 Å². The molecule has 114 valence electrons. The first-order valence-corrected chi connectivity index (χ1v) is 6.49. The molecule has 0 saturated carbocycles. The molecule has 2 heterocycles. The van der Waals surface area contributed by atoms with Crippen molar-refractivity contribution in [3.05, 3.63) is 42.4 Å². The van der Waals surface area contributed by atoms with E-state index in [0.717, 1.165) is 15.9 Å². The van der Waals surface area contributed by atoms with E-state index in [1.165, 1.54) is 12.5 Å². The Labute approximate surface area is 123 Å². The van der Waals surface area contributed by atoms with E-state index in [9.17, 15) is 13.2 Å². The highest BCUT2D eigenvalue weighted by atomic mass is 19.4. The molecule has 0 atom stereocenters. The van der Waals surface area contributed by atoms with Crippen LogP contribution in [0, 0.1) is 6.92 Å². The third-order valence-corrected chi connectivity index (χ3v) is 3.02. The molecule has 0 fully saturated rings. The smallest absolute Gasteiger partial charge is 0.340 e. The zero-order chi connectivity index (χ0) is 15.7. The first-order chi connectivity index (χ1) is 10.4. The number of nitrogens with zero attached hydrogens (tertiary/aromatic N) is 4. The van der Waals surface area contributed by atoms with Gasteiger partial charge in [-0.3, -0.25) is 4.68 Å². The molecule has 0 bridgehead atoms. The summed E-state index contributed by atoms with van der Waals surface area (Å²) in [6.07, 6.45) is -1.77. The number of benzene rings is 1. The number of halogens is 3. The zero-order valence-electron chi connectivity index (χ0n) is 11.6. The maximum atomic E-state index is 12.4. The molecule has 0 saturated heterocycles. The number of aryl methyl sites for hydroxylation is 1. The fourth-order valence-electron chi connectivity index (χ4n) is 2.02. The number of fused-ring (bicyclic) bond motifs is 1. The van der Waals surface area contributed by atoms with Gasteiger partial charge >= 0.3 is 6.18 Å². The lowest BCUT2D eigenvalue weighted by atomic mass is 10.2. The van der Waals surface area contributed by atoms with Crippen molar-refractivity contribution in [1.82, 2.24) is 19.7 Å². The predicted molar refractivity (Wildman–Crippen MR) is 75.8 cm³/mol. The van der Waals surface area contributed by atoms with Crippen molar-refractivity contribution in [2.75, 3.05) is 5.32 Å². The van der Waals surface area contributed by atoms with Gasteiger partial charge in [0.25, 0.3) is 0 Å². The number of alkyl halides is 3. The molecule has 0 radical (unpaired) electrons. The normalized spacial score (nSPS) is 11.8. The Hall–Kier alpha value is -2.64. The van der Waals surface area contributed by atoms with Crippen LogP contribution in [0.15, 0.2) is 36.8 Å². The van der Waals surface area contributed by atoms with Gasteiger partial charge in [0.15, 0.2) is 5.65 Å². The summed E-state index contributed by atoms with van der Waals surface area (Å²) in [7, 11) is 0. The number of aromatic nitrogens is 4. The van der Waals surface area contributed by atoms with Gasteiger partial charge < -0.3 is 5.32 Å². The van der Waals surface area contributed by atoms with Gasteiger partial charge in [0.2, 0.25) is 0 Å². The minimum Gasteiger partial charge on any atom is -0.340 e. The molecule has 1 N–H and O–H groups in total. The van der Waals surface area contributed by atoms with E-state index < -0.39 is 12.7 Å². The van der Waals surface area contributed by atoms with Gasteiger partial charge in [-0.15, -0.1) is 0 Å². The second kappa shape index (κ2) is 5.28. The average molecular weight is 307 g/mol. The molecule has 3 aromatic rings. The zero-order valence-corrected chi connectivity index (χ0v) is 11.6. The number of rotatable bonds is 3. The predicted octanol–water partition coefficient (Wildman–Crippen LogP) is 3.44. The van der Waals surface area contributed by atoms with Crippen molar-refractivity contribution in [3.63, 3.8) is 0 Å². The molecule has 5 nitrogen and oxygen atoms in total. The van der Waals surface area contributed by atoms with Crippen LogP contribution in [0.5, 0.6) is 0 Å². The minimum absolute atomic E-state index is 0.217. The number of hydrogen-bond donors (Lipinski definition) is 1. The van der Waals surface area contributed by atoms with Crippen LogP contribution in [-0.4, -0.2) is 25.9 Å². The molecule has 0 aliphatic rings. The highest BCUT2D eigenvalue weighted by molar-refractivity contribution is 5.87. The highest BCUT2D eigenvalue weighted by Gasteiger charge is 2.28. The van der Waals surface area contributed by atoms with Crippen molar-refractivity contribution in [3.8, 4) is 0 Å². The molecule has 2 aromatic heterocycles. The summed E-state index contributed by atoms with van der Waals surface area (Å²) in [4.78, 5) is 7.98. The van der Waals surface area contributed by atoms with Gasteiger partial charge in [0.05, 0.1) is 5.39 Å². The van der Waals surface area contributed by atoms with Gasteiger partial charge in [-0.05, 0) is 19.1 Å². The monoisotopic (exact) mass is 307 g/mol. The lowest BCUT2D eigenvalue weighted by Gasteiger charge is -2.06. The summed E-state index contributed by atoms with van der Waals surface area (Å²) in [5.74, 6) is 0.419. The highest BCUT2D eigenvalue weighted by Crippen LogP contribution is 2.24. The van der Waals surface area contributed by atoms with Crippen molar-refractivity contribution in [1.29, 1.82) is 0 Å². The maximum Gasteiger partial charge on any atom is 0.408 e. The summed E-state index contributed by atoms with van der Waals surface area (Å²) in [5.41, 5.74) is 2.11. The van der Waals surface area contributed by atoms with Crippen LogP contribution < -0.4 is 5.32 Å². The molecule has 8 heteroatoms. The Bertz CT molecular complexity index is 792. The lowest BCUT2D eigenvalue weighted by molar-refractivity contribution is -0.142. The van der Waals surface area contributed by atoms with Crippen LogP contribution >= 0.6 is 0 Å². The standard InChI is InChI=1S/C14H12F3N5/c1-9-2-4-10(5-3-9)20-12-11-6-22(7-14(15,16)17)21-13(11)19-8-18-12/h2-6,8H,7H2,1H3,(H,18,19,20,21). The van der Waals surface area contributed by atoms with E-state index >= 15 is 0 Å². The van der Waals surface area contributed by atoms with Crippen molar-refractivity contribution in [2.24, 2.45) is 0 Å². The first-order valence-electron chi connectivity index (χ1n) is 6.49. The minimum atomic E-state index is -4.33. The maximum absolute atomic E-state index is 12.4. The van der Waals surface area contributed by atoms with Crippen LogP contribution in [0.4, 0.5) is 24.7 Å². The molecule has 22 heavy (non-hydrogen) atoms. The van der Waals surface area contributed by atoms with E-state index in [1.807, 2.05) is 31.2 Å². The van der Waals surface area contributed by atoms with Gasteiger partial charge in [0.1, 0.15) is 18.7 Å². The Morgan fingerprint density at radius 3 is 2.55 bits per heavy atom. The Morgan fingerprint density at radius 2 is 1.86 bits per heavy atom. The van der Waals surface area contributed by atoms with E-state index in [-0.39, 0.29) is 5.65 Å². The molecule has 3 rings (SSSR count). The largest absolute Gasteiger partial charge is 0.408 e. The molecular formula is C14H12F3N5. The molecule has 0 amide bonds. The summed E-state index contributed by atoms with van der Waals surface area (Å²) in [6.45, 7) is 0.807. The SMILES string of the molecule is Cc1ccc(Nc2ncnc3nn(CC(F)(F)F)cc23)cc1. The Balaban J connectivity index is 1.94. The van der Waals surface area contributed by atoms with Gasteiger partial charge in [0, 0.05) is 11.9 Å². The van der Waals surface area contributed by atoms with Gasteiger partial charge in [-0.1, -0.05) is 17.7 Å². The summed E-state index contributed by atoms with van der Waals surface area (Å²) in [5, 5.41) is 7.32. The molecule has 0 aliphatic heterocycles. The molecule has 0 unspecified atom stereocenters. The Morgan fingerprint density at radius 1 is 1.14 bits per heavy atom. The van der Waals surface area contributed by atoms with Gasteiger partial charge in [-0.25, -0.2) is 9.97 Å². The second-order valence-corrected chi connectivity index (χ2v) is 4.89. The van der Waals surface area contributed by atoms with Crippen molar-refractivity contribution >= 4 is 22.5 Å². The van der Waals surface area contributed by atoms with E-state index in [0.29, 0.717) is 11.2 Å². The third kappa shape index (κ3) is 3.16. The number of nitrogens with one attached hydrogen (secondary N) is 1. The summed E-state index contributed by atoms with van der Waals surface area (Å²) < 4.78 is 38.1. The van der Waals surface area contributed by atoms with E-state index in [1.54, 1.807) is 0 Å². The van der Waals surface area contributed by atoms with E-state index in [2.05, 4.69) is 20.4 Å². The van der Waals surface area contributed by atoms with Crippen LogP contribution in [0.1, 0.15) is 5.56 Å². The molecular weight excluding hydrogens is 295 g/mol. The fourth-order valence-corrected chi connectivity index (χ4v) is 2.02. The fraction of sp³-hybridized carbons (Fsp3) is 0.214. The average Bonchev–Trinajstić information content (AvgIpc) is 2.82. The van der Waals surface area contributed by atoms with Crippen LogP contribution in [0.3, 0.4) is 0 Å². The second-order valence-electron chi connectivity index (χ2n) is 4.89. The number of hydrogen-bond acceptors (Lipinski definition) is 4. The summed E-state index contributed by atoms with van der Waals surface area (Å²) in [6, 6.07) is 7.58. The van der Waals surface area contributed by atoms with Gasteiger partial charge in [-0.2, -0.15) is 18.3 Å². The van der Waals surface area contributed by atoms with E-state index in [4.69, 9.17) is 0 Å². The number of anilines is 2. The van der Waals surface area contributed by atoms with Crippen LogP contribution in [0.25, 0.3) is 11.0 Å². The Kier molecular flexibility index (Phi) is 3.44. The van der Waals surface area contributed by atoms with Crippen molar-refractivity contribution in [2.45, 2.75) is 19.6 Å².